The molecule has 0 saturated heterocycles. The Kier molecular flexibility index (Phi) is 4.90. The topological polar surface area (TPSA) is 75.3 Å². The normalized spacial score (nSPS) is 26.2. The first-order valence-corrected chi connectivity index (χ1v) is 10.0. The van der Waals surface area contributed by atoms with Crippen molar-refractivity contribution in [3.05, 3.63) is 30.3 Å². The zero-order chi connectivity index (χ0) is 16.3. The van der Waals surface area contributed by atoms with Gasteiger partial charge in [-0.2, -0.15) is 0 Å². The predicted octanol–water partition coefficient (Wildman–Crippen LogP) is 2.34. The van der Waals surface area contributed by atoms with Crippen molar-refractivity contribution in [2.45, 2.75) is 43.0 Å². The van der Waals surface area contributed by atoms with Crippen LogP contribution in [-0.4, -0.2) is 32.8 Å². The number of hydrogen-bond donors (Lipinski definition) is 2. The quantitative estimate of drug-likeness (QED) is 0.783. The van der Waals surface area contributed by atoms with Crippen molar-refractivity contribution < 1.29 is 13.2 Å². The van der Waals surface area contributed by atoms with Crippen LogP contribution in [0.25, 0.3) is 0 Å². The van der Waals surface area contributed by atoms with Gasteiger partial charge in [0.2, 0.25) is 0 Å². The lowest BCUT2D eigenvalue weighted by molar-refractivity contribution is 0.230. The van der Waals surface area contributed by atoms with E-state index in [0.29, 0.717) is 29.8 Å². The summed E-state index contributed by atoms with van der Waals surface area (Å²) in [6.07, 6.45) is 5.30. The van der Waals surface area contributed by atoms with Gasteiger partial charge in [0.05, 0.1) is 10.6 Å². The highest BCUT2D eigenvalue weighted by Crippen LogP contribution is 2.44. The Balaban J connectivity index is 1.37. The molecule has 0 heterocycles. The summed E-state index contributed by atoms with van der Waals surface area (Å²) < 4.78 is 24.2. The monoisotopic (exact) mass is 336 g/mol. The second-order valence-corrected chi connectivity index (χ2v) is 8.78. The van der Waals surface area contributed by atoms with Crippen LogP contribution >= 0.6 is 0 Å². The van der Waals surface area contributed by atoms with Crippen molar-refractivity contribution >= 4 is 15.9 Å². The Morgan fingerprint density at radius 2 is 1.91 bits per heavy atom. The van der Waals surface area contributed by atoms with Gasteiger partial charge in [0.25, 0.3) is 0 Å². The van der Waals surface area contributed by atoms with Gasteiger partial charge in [0.1, 0.15) is 0 Å². The molecule has 1 aromatic carbocycles. The zero-order valence-electron chi connectivity index (χ0n) is 13.2. The number of urea groups is 1. The maximum atomic E-state index is 12.1. The average molecular weight is 336 g/mol. The minimum absolute atomic E-state index is 0.0470. The van der Waals surface area contributed by atoms with Crippen LogP contribution < -0.4 is 10.6 Å². The zero-order valence-corrected chi connectivity index (χ0v) is 14.0. The van der Waals surface area contributed by atoms with Crippen molar-refractivity contribution in [3.8, 4) is 0 Å². The Labute approximate surface area is 137 Å². The summed E-state index contributed by atoms with van der Waals surface area (Å²) >= 11 is 0. The van der Waals surface area contributed by atoms with E-state index in [1.807, 2.05) is 0 Å². The highest BCUT2D eigenvalue weighted by atomic mass is 32.2. The third kappa shape index (κ3) is 4.05. The molecule has 126 valence electrons. The number of carbonyl (C=O) groups excluding carboxylic acids is 1. The molecule has 0 spiro atoms. The molecule has 2 amide bonds. The molecule has 2 bridgehead atoms. The van der Waals surface area contributed by atoms with Gasteiger partial charge in [-0.1, -0.05) is 24.6 Å². The Morgan fingerprint density at radius 1 is 1.13 bits per heavy atom. The van der Waals surface area contributed by atoms with Crippen LogP contribution in [0.4, 0.5) is 4.79 Å². The standard InChI is InChI=1S/C17H24N2O3S/c20-17(19-16-12-13-7-8-14(16)11-13)18-9-4-10-23(21,22)15-5-2-1-3-6-15/h1-3,5-6,13-14,16H,4,7-12H2,(H2,18,19,20)/t13-,14-,16-/m0/s1. The number of rotatable bonds is 6. The van der Waals surface area contributed by atoms with Crippen LogP contribution in [0.15, 0.2) is 35.2 Å². The van der Waals surface area contributed by atoms with Crippen molar-refractivity contribution in [1.82, 2.24) is 10.6 Å². The van der Waals surface area contributed by atoms with Crippen LogP contribution in [0.2, 0.25) is 0 Å². The average Bonchev–Trinajstić information content (AvgIpc) is 3.15. The number of carbonyl (C=O) groups is 1. The van der Waals surface area contributed by atoms with Gasteiger partial charge in [-0.15, -0.1) is 0 Å². The summed E-state index contributed by atoms with van der Waals surface area (Å²) in [5, 5.41) is 5.82. The van der Waals surface area contributed by atoms with Crippen molar-refractivity contribution in [2.75, 3.05) is 12.3 Å². The van der Waals surface area contributed by atoms with E-state index in [1.165, 1.54) is 19.3 Å². The van der Waals surface area contributed by atoms with Crippen molar-refractivity contribution in [3.63, 3.8) is 0 Å². The van der Waals surface area contributed by atoms with Crippen LogP contribution in [-0.2, 0) is 9.84 Å². The summed E-state index contributed by atoms with van der Waals surface area (Å²) in [7, 11) is -3.26. The predicted molar refractivity (Wildman–Crippen MR) is 88.9 cm³/mol. The van der Waals surface area contributed by atoms with E-state index in [9.17, 15) is 13.2 Å². The minimum Gasteiger partial charge on any atom is -0.338 e. The van der Waals surface area contributed by atoms with E-state index < -0.39 is 9.84 Å². The van der Waals surface area contributed by atoms with Gasteiger partial charge in [0, 0.05) is 12.6 Å². The molecular formula is C17H24N2O3S. The molecule has 2 aliphatic rings. The summed E-state index contributed by atoms with van der Waals surface area (Å²) in [5.74, 6) is 1.48. The van der Waals surface area contributed by atoms with Gasteiger partial charge in [0.15, 0.2) is 9.84 Å². The molecule has 0 radical (unpaired) electrons. The fraction of sp³-hybridized carbons (Fsp3) is 0.588. The van der Waals surface area contributed by atoms with E-state index >= 15 is 0 Å². The van der Waals surface area contributed by atoms with Gasteiger partial charge in [-0.3, -0.25) is 0 Å². The molecule has 6 heteroatoms. The molecule has 5 nitrogen and oxygen atoms in total. The minimum atomic E-state index is -3.26. The van der Waals surface area contributed by atoms with Crippen LogP contribution in [0.5, 0.6) is 0 Å². The number of nitrogens with one attached hydrogen (secondary N) is 2. The highest BCUT2D eigenvalue weighted by Gasteiger charge is 2.40. The summed E-state index contributed by atoms with van der Waals surface area (Å²) in [6, 6.07) is 8.57. The van der Waals surface area contributed by atoms with E-state index in [-0.39, 0.29) is 11.8 Å². The first-order chi connectivity index (χ1) is 11.0. The molecule has 0 unspecified atom stereocenters. The van der Waals surface area contributed by atoms with E-state index in [1.54, 1.807) is 30.3 Å². The first-order valence-electron chi connectivity index (χ1n) is 8.37. The highest BCUT2D eigenvalue weighted by molar-refractivity contribution is 7.91. The fourth-order valence-corrected chi connectivity index (χ4v) is 5.18. The molecule has 2 aliphatic carbocycles. The van der Waals surface area contributed by atoms with E-state index in [0.717, 1.165) is 12.3 Å². The molecule has 2 fully saturated rings. The Hall–Kier alpha value is -1.56. The molecule has 3 rings (SSSR count). The summed E-state index contributed by atoms with van der Waals surface area (Å²) in [6.45, 7) is 0.374. The lowest BCUT2D eigenvalue weighted by Crippen LogP contribution is -2.44. The van der Waals surface area contributed by atoms with E-state index in [2.05, 4.69) is 10.6 Å². The third-order valence-electron chi connectivity index (χ3n) is 5.03. The second kappa shape index (κ2) is 6.91. The molecule has 0 aromatic heterocycles. The van der Waals surface area contributed by atoms with Gasteiger partial charge in [-0.25, -0.2) is 13.2 Å². The summed E-state index contributed by atoms with van der Waals surface area (Å²) in [4.78, 5) is 12.2. The van der Waals surface area contributed by atoms with Gasteiger partial charge < -0.3 is 10.6 Å². The molecule has 0 aliphatic heterocycles. The fourth-order valence-electron chi connectivity index (χ4n) is 3.85. The number of fused-ring (bicyclic) bond motifs is 2. The van der Waals surface area contributed by atoms with Crippen LogP contribution in [0.3, 0.4) is 0 Å². The first kappa shape index (κ1) is 16.3. The number of hydrogen-bond acceptors (Lipinski definition) is 3. The number of amides is 2. The molecule has 3 atom stereocenters. The smallest absolute Gasteiger partial charge is 0.315 e. The maximum absolute atomic E-state index is 12.1. The van der Waals surface area contributed by atoms with Crippen LogP contribution in [0, 0.1) is 11.8 Å². The molecule has 23 heavy (non-hydrogen) atoms. The third-order valence-corrected chi connectivity index (χ3v) is 6.85. The van der Waals surface area contributed by atoms with E-state index in [4.69, 9.17) is 0 Å². The van der Waals surface area contributed by atoms with Gasteiger partial charge >= 0.3 is 6.03 Å². The Morgan fingerprint density at radius 3 is 2.57 bits per heavy atom. The largest absolute Gasteiger partial charge is 0.338 e. The molecular weight excluding hydrogens is 312 g/mol. The van der Waals surface area contributed by atoms with Gasteiger partial charge in [-0.05, 0) is 49.7 Å². The molecule has 2 saturated carbocycles. The lowest BCUT2D eigenvalue weighted by Gasteiger charge is -2.23. The van der Waals surface area contributed by atoms with Crippen LogP contribution in [0.1, 0.15) is 32.1 Å². The Bertz CT molecular complexity index is 645. The second-order valence-electron chi connectivity index (χ2n) is 6.67. The molecule has 1 aromatic rings. The summed E-state index contributed by atoms with van der Waals surface area (Å²) in [5.41, 5.74) is 0. The molecule has 2 N–H and O–H groups in total. The SMILES string of the molecule is O=C(NCCCS(=O)(=O)c1ccccc1)N[C@H]1C[C@H]2CC[C@H]1C2. The number of sulfone groups is 1. The number of benzene rings is 1. The van der Waals surface area contributed by atoms with Crippen molar-refractivity contribution in [1.29, 1.82) is 0 Å². The maximum Gasteiger partial charge on any atom is 0.315 e. The lowest BCUT2D eigenvalue weighted by atomic mass is 9.95. The van der Waals surface area contributed by atoms with Crippen molar-refractivity contribution in [2.24, 2.45) is 11.8 Å².